The lowest BCUT2D eigenvalue weighted by molar-refractivity contribution is -0.131. The van der Waals surface area contributed by atoms with E-state index >= 15 is 0 Å². The van der Waals surface area contributed by atoms with Crippen LogP contribution in [0.4, 0.5) is 4.39 Å². The first kappa shape index (κ1) is 19.5. The lowest BCUT2D eigenvalue weighted by Crippen LogP contribution is -2.40. The molecular formula is C19H23FN2O4. The molecule has 0 unspecified atom stereocenters. The van der Waals surface area contributed by atoms with Crippen LogP contribution in [-0.2, 0) is 11.4 Å². The topological polar surface area (TPSA) is 63.0 Å². The van der Waals surface area contributed by atoms with E-state index in [0.717, 1.165) is 0 Å². The van der Waals surface area contributed by atoms with E-state index in [1.54, 1.807) is 24.1 Å². The van der Waals surface area contributed by atoms with Crippen LogP contribution in [0.15, 0.2) is 40.8 Å². The summed E-state index contributed by atoms with van der Waals surface area (Å²) < 4.78 is 23.8. The van der Waals surface area contributed by atoms with Crippen LogP contribution in [0.1, 0.15) is 30.2 Å². The van der Waals surface area contributed by atoms with Crippen LogP contribution >= 0.6 is 0 Å². The number of halogens is 1. The molecule has 1 aromatic heterocycles. The number of likely N-dealkylation sites (N-methyl/N-ethyl adjacent to an activating group) is 2. The van der Waals surface area contributed by atoms with E-state index in [1.165, 1.54) is 29.2 Å². The summed E-state index contributed by atoms with van der Waals surface area (Å²) in [4.78, 5) is 27.5. The Hall–Kier alpha value is -2.83. The Morgan fingerprint density at radius 3 is 2.35 bits per heavy atom. The average Bonchev–Trinajstić information content (AvgIpc) is 3.10. The Bertz CT molecular complexity index is 738. The molecule has 0 atom stereocenters. The highest BCUT2D eigenvalue weighted by molar-refractivity contribution is 5.94. The Kier molecular flexibility index (Phi) is 6.77. The Morgan fingerprint density at radius 2 is 1.73 bits per heavy atom. The summed E-state index contributed by atoms with van der Waals surface area (Å²) in [6.45, 7) is 5.09. The normalized spacial score (nSPS) is 10.5. The summed E-state index contributed by atoms with van der Waals surface area (Å²) in [5.74, 6) is 0.262. The zero-order chi connectivity index (χ0) is 19.1. The molecule has 26 heavy (non-hydrogen) atoms. The zero-order valence-electron chi connectivity index (χ0n) is 15.2. The van der Waals surface area contributed by atoms with E-state index in [2.05, 4.69) is 0 Å². The monoisotopic (exact) mass is 362 g/mol. The lowest BCUT2D eigenvalue weighted by Gasteiger charge is -2.22. The van der Waals surface area contributed by atoms with Crippen LogP contribution < -0.4 is 4.74 Å². The molecule has 1 heterocycles. The second kappa shape index (κ2) is 9.03. The van der Waals surface area contributed by atoms with Gasteiger partial charge in [-0.05, 0) is 50.2 Å². The van der Waals surface area contributed by atoms with Crippen molar-refractivity contribution in [2.75, 3.05) is 26.7 Å². The van der Waals surface area contributed by atoms with Gasteiger partial charge in [-0.15, -0.1) is 0 Å². The second-order valence-corrected chi connectivity index (χ2v) is 5.74. The maximum Gasteiger partial charge on any atom is 0.289 e. The number of hydrogen-bond acceptors (Lipinski definition) is 4. The third-order valence-corrected chi connectivity index (χ3v) is 3.90. The van der Waals surface area contributed by atoms with Gasteiger partial charge in [-0.25, -0.2) is 4.39 Å². The molecular weight excluding hydrogens is 339 g/mol. The number of ether oxygens (including phenoxy) is 1. The fourth-order valence-corrected chi connectivity index (χ4v) is 2.39. The van der Waals surface area contributed by atoms with Crippen LogP contribution in [0.25, 0.3) is 0 Å². The number of furan rings is 1. The summed E-state index contributed by atoms with van der Waals surface area (Å²) >= 11 is 0. The van der Waals surface area contributed by atoms with E-state index in [-0.39, 0.29) is 36.5 Å². The van der Waals surface area contributed by atoms with Crippen molar-refractivity contribution >= 4 is 11.8 Å². The molecule has 2 amide bonds. The summed E-state index contributed by atoms with van der Waals surface area (Å²) in [5, 5.41) is 0. The second-order valence-electron chi connectivity index (χ2n) is 5.74. The zero-order valence-corrected chi connectivity index (χ0v) is 15.2. The first-order valence-corrected chi connectivity index (χ1v) is 8.44. The molecule has 0 aliphatic rings. The number of amides is 2. The van der Waals surface area contributed by atoms with E-state index in [4.69, 9.17) is 9.15 Å². The van der Waals surface area contributed by atoms with Gasteiger partial charge >= 0.3 is 0 Å². The van der Waals surface area contributed by atoms with Crippen molar-refractivity contribution in [3.8, 4) is 5.75 Å². The molecule has 2 rings (SSSR count). The molecule has 0 spiro atoms. The standard InChI is InChI=1S/C19H23FN2O4/c1-4-22(5-2)18(23)12-21(3)19(24)17-11-10-16(26-17)13-25-15-8-6-14(20)7-9-15/h6-11H,4-5,12-13H2,1-3H3. The van der Waals surface area contributed by atoms with Gasteiger partial charge in [0.1, 0.15) is 23.9 Å². The highest BCUT2D eigenvalue weighted by atomic mass is 19.1. The fraction of sp³-hybridized carbons (Fsp3) is 0.368. The van der Waals surface area contributed by atoms with Crippen LogP contribution in [0, 0.1) is 5.82 Å². The molecule has 0 aliphatic carbocycles. The van der Waals surface area contributed by atoms with Gasteiger partial charge in [0.15, 0.2) is 5.76 Å². The van der Waals surface area contributed by atoms with Gasteiger partial charge in [-0.3, -0.25) is 9.59 Å². The van der Waals surface area contributed by atoms with Gasteiger partial charge in [-0.2, -0.15) is 0 Å². The summed E-state index contributed by atoms with van der Waals surface area (Å²) in [6.07, 6.45) is 0. The average molecular weight is 362 g/mol. The highest BCUT2D eigenvalue weighted by Crippen LogP contribution is 2.16. The van der Waals surface area contributed by atoms with Crippen molar-refractivity contribution in [3.05, 3.63) is 53.7 Å². The van der Waals surface area contributed by atoms with Crippen molar-refractivity contribution in [2.24, 2.45) is 0 Å². The number of carbonyl (C=O) groups excluding carboxylic acids is 2. The third kappa shape index (κ3) is 5.08. The molecule has 0 saturated heterocycles. The first-order chi connectivity index (χ1) is 12.4. The third-order valence-electron chi connectivity index (χ3n) is 3.90. The molecule has 0 bridgehead atoms. The van der Waals surface area contributed by atoms with Gasteiger partial charge in [0, 0.05) is 20.1 Å². The highest BCUT2D eigenvalue weighted by Gasteiger charge is 2.20. The van der Waals surface area contributed by atoms with Crippen molar-refractivity contribution in [2.45, 2.75) is 20.5 Å². The van der Waals surface area contributed by atoms with Crippen LogP contribution in [0.2, 0.25) is 0 Å². The van der Waals surface area contributed by atoms with Crippen LogP contribution in [-0.4, -0.2) is 48.3 Å². The molecule has 0 fully saturated rings. The fourth-order valence-electron chi connectivity index (χ4n) is 2.39. The minimum atomic E-state index is -0.376. The Labute approximate surface area is 152 Å². The number of benzene rings is 1. The summed E-state index contributed by atoms with van der Waals surface area (Å²) in [6, 6.07) is 8.80. The quantitative estimate of drug-likeness (QED) is 0.724. The van der Waals surface area contributed by atoms with Crippen molar-refractivity contribution < 1.29 is 23.1 Å². The number of hydrogen-bond donors (Lipinski definition) is 0. The Balaban J connectivity index is 1.92. The van der Waals surface area contributed by atoms with Crippen molar-refractivity contribution in [3.63, 3.8) is 0 Å². The summed E-state index contributed by atoms with van der Waals surface area (Å²) in [5.41, 5.74) is 0. The minimum Gasteiger partial charge on any atom is -0.486 e. The van der Waals surface area contributed by atoms with Crippen LogP contribution in [0.5, 0.6) is 5.75 Å². The first-order valence-electron chi connectivity index (χ1n) is 8.44. The molecule has 0 N–H and O–H groups in total. The van der Waals surface area contributed by atoms with E-state index < -0.39 is 0 Å². The number of rotatable bonds is 8. The van der Waals surface area contributed by atoms with Gasteiger partial charge in [-0.1, -0.05) is 0 Å². The number of carbonyl (C=O) groups is 2. The Morgan fingerprint density at radius 1 is 1.08 bits per heavy atom. The molecule has 0 radical (unpaired) electrons. The largest absolute Gasteiger partial charge is 0.486 e. The number of nitrogens with zero attached hydrogens (tertiary/aromatic N) is 2. The maximum atomic E-state index is 12.9. The molecule has 0 aliphatic heterocycles. The van der Waals surface area contributed by atoms with Crippen LogP contribution in [0.3, 0.4) is 0 Å². The summed E-state index contributed by atoms with van der Waals surface area (Å²) in [7, 11) is 1.56. The smallest absolute Gasteiger partial charge is 0.289 e. The van der Waals surface area contributed by atoms with Crippen molar-refractivity contribution in [1.82, 2.24) is 9.80 Å². The van der Waals surface area contributed by atoms with Crippen molar-refractivity contribution in [1.29, 1.82) is 0 Å². The molecule has 2 aromatic rings. The predicted octanol–water partition coefficient (Wildman–Crippen LogP) is 2.94. The van der Waals surface area contributed by atoms with E-state index in [0.29, 0.717) is 24.6 Å². The predicted molar refractivity (Wildman–Crippen MR) is 94.3 cm³/mol. The maximum absolute atomic E-state index is 12.9. The lowest BCUT2D eigenvalue weighted by atomic mass is 10.3. The van der Waals surface area contributed by atoms with Gasteiger partial charge in [0.2, 0.25) is 5.91 Å². The van der Waals surface area contributed by atoms with Gasteiger partial charge < -0.3 is 19.0 Å². The molecule has 0 saturated carbocycles. The van der Waals surface area contributed by atoms with Gasteiger partial charge in [0.05, 0.1) is 6.54 Å². The SMILES string of the molecule is CCN(CC)C(=O)CN(C)C(=O)c1ccc(COc2ccc(F)cc2)o1. The van der Waals surface area contributed by atoms with E-state index in [1.807, 2.05) is 13.8 Å². The molecule has 6 nitrogen and oxygen atoms in total. The minimum absolute atomic E-state index is 0.0113. The molecule has 7 heteroatoms. The van der Waals surface area contributed by atoms with E-state index in [9.17, 15) is 14.0 Å². The molecule has 140 valence electrons. The van der Waals surface area contributed by atoms with Gasteiger partial charge in [0.25, 0.3) is 5.91 Å². The molecule has 1 aromatic carbocycles.